The lowest BCUT2D eigenvalue weighted by atomic mass is 9.91. The molecule has 0 saturated carbocycles. The molecule has 18 heavy (non-hydrogen) atoms. The summed E-state index contributed by atoms with van der Waals surface area (Å²) in [4.78, 5) is 6.68. The lowest BCUT2D eigenvalue weighted by Crippen LogP contribution is -2.46. The third kappa shape index (κ3) is 2.75. The lowest BCUT2D eigenvalue weighted by molar-refractivity contribution is 0.0460. The van der Waals surface area contributed by atoms with Crippen molar-refractivity contribution in [2.75, 3.05) is 13.2 Å². The summed E-state index contributed by atoms with van der Waals surface area (Å²) in [6.45, 7) is 8.52. The van der Waals surface area contributed by atoms with Crippen LogP contribution in [0.15, 0.2) is 10.8 Å². The summed E-state index contributed by atoms with van der Waals surface area (Å²) < 4.78 is 5.46. The molecule has 1 aliphatic rings. The fourth-order valence-electron chi connectivity index (χ4n) is 2.88. The van der Waals surface area contributed by atoms with E-state index in [0.717, 1.165) is 24.5 Å². The van der Waals surface area contributed by atoms with E-state index >= 15 is 0 Å². The molecule has 1 N–H and O–H groups in total. The largest absolute Gasteiger partial charge is 0.448 e. The van der Waals surface area contributed by atoms with E-state index in [1.165, 1.54) is 19.2 Å². The zero-order valence-corrected chi connectivity index (χ0v) is 11.6. The molecular formula is C14H24N2O2. The Labute approximate surface area is 109 Å². The Hall–Kier alpha value is -0.870. The Kier molecular flexibility index (Phi) is 4.40. The number of piperidine rings is 1. The van der Waals surface area contributed by atoms with Crippen LogP contribution in [0.4, 0.5) is 0 Å². The van der Waals surface area contributed by atoms with Gasteiger partial charge in [-0.05, 0) is 25.3 Å². The van der Waals surface area contributed by atoms with Crippen LogP contribution in [-0.2, 0) is 6.54 Å². The third-order valence-corrected chi connectivity index (χ3v) is 3.97. The Balaban J connectivity index is 2.09. The van der Waals surface area contributed by atoms with Gasteiger partial charge in [0, 0.05) is 18.5 Å². The Morgan fingerprint density at radius 1 is 1.56 bits per heavy atom. The van der Waals surface area contributed by atoms with E-state index in [9.17, 15) is 5.11 Å². The molecule has 0 spiro atoms. The Morgan fingerprint density at radius 3 is 3.00 bits per heavy atom. The SMILES string of the molecule is CC(C)c1ocnc1CN1CCCC(C)C1CO. The highest BCUT2D eigenvalue weighted by Gasteiger charge is 2.29. The van der Waals surface area contributed by atoms with Crippen molar-refractivity contribution in [2.45, 2.75) is 52.1 Å². The summed E-state index contributed by atoms with van der Waals surface area (Å²) >= 11 is 0. The van der Waals surface area contributed by atoms with Gasteiger partial charge in [-0.1, -0.05) is 20.8 Å². The molecule has 0 bridgehead atoms. The summed E-state index contributed by atoms with van der Waals surface area (Å²) in [5, 5.41) is 9.55. The predicted molar refractivity (Wildman–Crippen MR) is 70.3 cm³/mol. The standard InChI is InChI=1S/C14H24N2O2/c1-10(2)14-12(15-9-18-14)7-16-6-4-5-11(3)13(16)8-17/h9-11,13,17H,4-8H2,1-3H3. The average Bonchev–Trinajstić information content (AvgIpc) is 2.77. The normalized spacial score (nSPS) is 25.8. The van der Waals surface area contributed by atoms with Gasteiger partial charge in [-0.3, -0.25) is 4.90 Å². The van der Waals surface area contributed by atoms with Gasteiger partial charge >= 0.3 is 0 Å². The topological polar surface area (TPSA) is 49.5 Å². The average molecular weight is 252 g/mol. The van der Waals surface area contributed by atoms with Crippen molar-refractivity contribution >= 4 is 0 Å². The molecule has 1 saturated heterocycles. The molecule has 0 aromatic carbocycles. The van der Waals surface area contributed by atoms with Crippen LogP contribution in [0, 0.1) is 5.92 Å². The van der Waals surface area contributed by atoms with Crippen LogP contribution in [0.1, 0.15) is 51.0 Å². The predicted octanol–water partition coefficient (Wildman–Crippen LogP) is 2.39. The van der Waals surface area contributed by atoms with Gasteiger partial charge in [0.05, 0.1) is 12.3 Å². The van der Waals surface area contributed by atoms with Crippen LogP contribution in [0.2, 0.25) is 0 Å². The van der Waals surface area contributed by atoms with E-state index in [2.05, 4.69) is 30.7 Å². The van der Waals surface area contributed by atoms with Crippen molar-refractivity contribution < 1.29 is 9.52 Å². The second-order valence-electron chi connectivity index (χ2n) is 5.66. The van der Waals surface area contributed by atoms with Gasteiger partial charge in [-0.2, -0.15) is 0 Å². The molecule has 1 aromatic rings. The summed E-state index contributed by atoms with van der Waals surface area (Å²) in [6.07, 6.45) is 3.94. The minimum Gasteiger partial charge on any atom is -0.448 e. The van der Waals surface area contributed by atoms with Gasteiger partial charge in [0.15, 0.2) is 6.39 Å². The molecule has 1 aliphatic heterocycles. The third-order valence-electron chi connectivity index (χ3n) is 3.97. The highest BCUT2D eigenvalue weighted by Crippen LogP contribution is 2.26. The summed E-state index contributed by atoms with van der Waals surface area (Å²) in [5.41, 5.74) is 1.03. The summed E-state index contributed by atoms with van der Waals surface area (Å²) in [7, 11) is 0. The van der Waals surface area contributed by atoms with Gasteiger partial charge in [-0.25, -0.2) is 4.98 Å². The number of oxazole rings is 1. The minimum atomic E-state index is 0.232. The second kappa shape index (κ2) is 5.85. The quantitative estimate of drug-likeness (QED) is 0.894. The van der Waals surface area contributed by atoms with Gasteiger partial charge in [-0.15, -0.1) is 0 Å². The molecule has 1 fully saturated rings. The van der Waals surface area contributed by atoms with Crippen molar-refractivity contribution in [1.29, 1.82) is 0 Å². The number of aliphatic hydroxyl groups is 1. The van der Waals surface area contributed by atoms with Crippen molar-refractivity contribution in [2.24, 2.45) is 5.92 Å². The lowest BCUT2D eigenvalue weighted by Gasteiger charge is -2.38. The van der Waals surface area contributed by atoms with Gasteiger partial charge < -0.3 is 9.52 Å². The molecule has 2 atom stereocenters. The zero-order chi connectivity index (χ0) is 13.1. The first-order valence-electron chi connectivity index (χ1n) is 6.90. The summed E-state index contributed by atoms with van der Waals surface area (Å²) in [5.74, 6) is 1.89. The molecule has 2 rings (SSSR count). The molecule has 0 radical (unpaired) electrons. The Bertz CT molecular complexity index is 376. The van der Waals surface area contributed by atoms with E-state index in [4.69, 9.17) is 4.42 Å². The van der Waals surface area contributed by atoms with Gasteiger partial charge in [0.2, 0.25) is 0 Å². The smallest absolute Gasteiger partial charge is 0.181 e. The molecule has 4 heteroatoms. The fraction of sp³-hybridized carbons (Fsp3) is 0.786. The number of rotatable bonds is 4. The molecule has 0 amide bonds. The van der Waals surface area contributed by atoms with Crippen LogP contribution in [0.3, 0.4) is 0 Å². The zero-order valence-electron chi connectivity index (χ0n) is 11.6. The van der Waals surface area contributed by atoms with Gasteiger partial charge in [0.25, 0.3) is 0 Å². The van der Waals surface area contributed by atoms with Crippen LogP contribution in [0.25, 0.3) is 0 Å². The van der Waals surface area contributed by atoms with Crippen LogP contribution in [0.5, 0.6) is 0 Å². The molecule has 102 valence electrons. The highest BCUT2D eigenvalue weighted by molar-refractivity contribution is 5.11. The van der Waals surface area contributed by atoms with E-state index < -0.39 is 0 Å². The number of hydrogen-bond acceptors (Lipinski definition) is 4. The number of likely N-dealkylation sites (tertiary alicyclic amines) is 1. The van der Waals surface area contributed by atoms with Crippen molar-refractivity contribution in [1.82, 2.24) is 9.88 Å². The van der Waals surface area contributed by atoms with Crippen LogP contribution >= 0.6 is 0 Å². The maximum atomic E-state index is 9.55. The first kappa shape index (κ1) is 13.6. The molecular weight excluding hydrogens is 228 g/mol. The first-order chi connectivity index (χ1) is 8.63. The van der Waals surface area contributed by atoms with Crippen LogP contribution in [-0.4, -0.2) is 34.2 Å². The van der Waals surface area contributed by atoms with Crippen LogP contribution < -0.4 is 0 Å². The number of nitrogens with zero attached hydrogens (tertiary/aromatic N) is 2. The Morgan fingerprint density at radius 2 is 2.33 bits per heavy atom. The molecule has 1 aromatic heterocycles. The molecule has 2 heterocycles. The summed E-state index contributed by atoms with van der Waals surface area (Å²) in [6, 6.07) is 0.260. The first-order valence-corrected chi connectivity index (χ1v) is 6.90. The second-order valence-corrected chi connectivity index (χ2v) is 5.66. The number of hydrogen-bond donors (Lipinski definition) is 1. The van der Waals surface area contributed by atoms with E-state index in [1.54, 1.807) is 0 Å². The maximum Gasteiger partial charge on any atom is 0.181 e. The monoisotopic (exact) mass is 252 g/mol. The maximum absolute atomic E-state index is 9.55. The highest BCUT2D eigenvalue weighted by atomic mass is 16.3. The van der Waals surface area contributed by atoms with Gasteiger partial charge in [0.1, 0.15) is 5.76 Å². The van der Waals surface area contributed by atoms with E-state index in [-0.39, 0.29) is 12.6 Å². The van der Waals surface area contributed by atoms with E-state index in [1.807, 2.05) is 0 Å². The number of aliphatic hydroxyl groups excluding tert-OH is 1. The minimum absolute atomic E-state index is 0.232. The molecule has 0 aliphatic carbocycles. The number of aromatic nitrogens is 1. The fourth-order valence-corrected chi connectivity index (χ4v) is 2.88. The van der Waals surface area contributed by atoms with E-state index in [0.29, 0.717) is 11.8 Å². The van der Waals surface area contributed by atoms with Crippen molar-refractivity contribution in [3.63, 3.8) is 0 Å². The molecule has 2 unspecified atom stereocenters. The van der Waals surface area contributed by atoms with Crippen molar-refractivity contribution in [3.8, 4) is 0 Å². The molecule has 4 nitrogen and oxygen atoms in total. The van der Waals surface area contributed by atoms with Crippen molar-refractivity contribution in [3.05, 3.63) is 17.8 Å².